The summed E-state index contributed by atoms with van der Waals surface area (Å²) in [7, 11) is 0. The Kier molecular flexibility index (Phi) is 5.75. The minimum absolute atomic E-state index is 0.0638. The van der Waals surface area contributed by atoms with Gasteiger partial charge in [0.1, 0.15) is 5.75 Å². The monoisotopic (exact) mass is 234 g/mol. The van der Waals surface area contributed by atoms with Crippen LogP contribution in [0.1, 0.15) is 61.9 Å². The number of hydrogen-bond donors (Lipinski definition) is 1. The Morgan fingerprint density at radius 1 is 1.18 bits per heavy atom. The Labute approximate surface area is 104 Å². The van der Waals surface area contributed by atoms with Gasteiger partial charge in [0, 0.05) is 6.42 Å². The molecule has 0 fully saturated rings. The molecule has 0 atom stereocenters. The standard InChI is InChI=1S/C15H22O2/c1-3-5-6-7-8-14(16)13-11-12(4-2)9-10-15(13)17/h9-11,17H,3-8H2,1-2H3. The number of carbonyl (C=O) groups excluding carboxylic acids is 1. The van der Waals surface area contributed by atoms with E-state index < -0.39 is 0 Å². The lowest BCUT2D eigenvalue weighted by Gasteiger charge is -2.06. The van der Waals surface area contributed by atoms with E-state index in [0.717, 1.165) is 24.8 Å². The Morgan fingerprint density at radius 3 is 2.59 bits per heavy atom. The number of Topliss-reactive ketones (excluding diaryl/α,β-unsaturated/α-hetero) is 1. The zero-order valence-electron chi connectivity index (χ0n) is 10.8. The first-order valence-corrected chi connectivity index (χ1v) is 6.54. The van der Waals surface area contributed by atoms with Crippen molar-refractivity contribution >= 4 is 5.78 Å². The van der Waals surface area contributed by atoms with Crippen LogP contribution in [0.15, 0.2) is 18.2 Å². The second-order valence-electron chi connectivity index (χ2n) is 4.44. The molecule has 0 heterocycles. The topological polar surface area (TPSA) is 37.3 Å². The molecule has 2 heteroatoms. The minimum atomic E-state index is 0.0638. The van der Waals surface area contributed by atoms with Crippen LogP contribution in [0.2, 0.25) is 0 Å². The molecule has 0 saturated heterocycles. The number of benzene rings is 1. The average molecular weight is 234 g/mol. The normalized spacial score (nSPS) is 10.5. The lowest BCUT2D eigenvalue weighted by Crippen LogP contribution is -2.00. The Balaban J connectivity index is 2.61. The average Bonchev–Trinajstić information content (AvgIpc) is 2.35. The molecule has 0 unspecified atom stereocenters. The van der Waals surface area contributed by atoms with Gasteiger partial charge in [0.2, 0.25) is 0 Å². The van der Waals surface area contributed by atoms with Crippen LogP contribution in [0.25, 0.3) is 0 Å². The van der Waals surface area contributed by atoms with E-state index in [9.17, 15) is 9.90 Å². The van der Waals surface area contributed by atoms with Gasteiger partial charge in [-0.2, -0.15) is 0 Å². The summed E-state index contributed by atoms with van der Waals surface area (Å²) < 4.78 is 0. The summed E-state index contributed by atoms with van der Waals surface area (Å²) in [5, 5.41) is 9.68. The molecule has 94 valence electrons. The maximum atomic E-state index is 11.9. The number of aryl methyl sites for hydroxylation is 1. The second-order valence-corrected chi connectivity index (χ2v) is 4.44. The third-order valence-electron chi connectivity index (χ3n) is 3.03. The molecule has 0 aliphatic rings. The Hall–Kier alpha value is -1.31. The van der Waals surface area contributed by atoms with Gasteiger partial charge in [0.05, 0.1) is 5.56 Å². The van der Waals surface area contributed by atoms with Gasteiger partial charge in [-0.05, 0) is 30.5 Å². The zero-order valence-corrected chi connectivity index (χ0v) is 10.8. The lowest BCUT2D eigenvalue weighted by atomic mass is 10.0. The van der Waals surface area contributed by atoms with Crippen molar-refractivity contribution in [1.29, 1.82) is 0 Å². The lowest BCUT2D eigenvalue weighted by molar-refractivity contribution is 0.0976. The fourth-order valence-electron chi connectivity index (χ4n) is 1.87. The molecule has 0 aliphatic heterocycles. The van der Waals surface area contributed by atoms with Crippen LogP contribution in [0.3, 0.4) is 0 Å². The first-order chi connectivity index (χ1) is 8.19. The molecule has 0 aromatic heterocycles. The molecule has 1 aromatic rings. The summed E-state index contributed by atoms with van der Waals surface area (Å²) in [6.07, 6.45) is 5.79. The van der Waals surface area contributed by atoms with Gasteiger partial charge >= 0.3 is 0 Å². The van der Waals surface area contributed by atoms with Crippen LogP contribution in [0, 0.1) is 0 Å². The Morgan fingerprint density at radius 2 is 1.94 bits per heavy atom. The van der Waals surface area contributed by atoms with Crippen molar-refractivity contribution < 1.29 is 9.90 Å². The molecule has 2 nitrogen and oxygen atoms in total. The van der Waals surface area contributed by atoms with E-state index in [-0.39, 0.29) is 11.5 Å². The van der Waals surface area contributed by atoms with Gasteiger partial charge in [-0.15, -0.1) is 0 Å². The molecule has 0 bridgehead atoms. The molecule has 1 N–H and O–H groups in total. The fraction of sp³-hybridized carbons (Fsp3) is 0.533. The second kappa shape index (κ2) is 7.10. The summed E-state index contributed by atoms with van der Waals surface area (Å²) in [4.78, 5) is 11.9. The molecule has 1 aromatic carbocycles. The van der Waals surface area contributed by atoms with Crippen LogP contribution < -0.4 is 0 Å². The largest absolute Gasteiger partial charge is 0.507 e. The van der Waals surface area contributed by atoms with Crippen molar-refractivity contribution in [2.24, 2.45) is 0 Å². The highest BCUT2D eigenvalue weighted by molar-refractivity contribution is 5.98. The number of unbranched alkanes of at least 4 members (excludes halogenated alkanes) is 3. The first-order valence-electron chi connectivity index (χ1n) is 6.54. The molecule has 0 saturated carbocycles. The number of phenolic OH excluding ortho intramolecular Hbond substituents is 1. The summed E-state index contributed by atoms with van der Waals surface area (Å²) in [5.74, 6) is 0.177. The highest BCUT2D eigenvalue weighted by Gasteiger charge is 2.11. The van der Waals surface area contributed by atoms with Crippen molar-refractivity contribution in [3.05, 3.63) is 29.3 Å². The molecule has 0 amide bonds. The highest BCUT2D eigenvalue weighted by atomic mass is 16.3. The molecule has 0 spiro atoms. The van der Waals surface area contributed by atoms with Crippen molar-refractivity contribution in [3.63, 3.8) is 0 Å². The van der Waals surface area contributed by atoms with Gasteiger partial charge in [0.15, 0.2) is 5.78 Å². The quantitative estimate of drug-likeness (QED) is 0.569. The number of hydrogen-bond acceptors (Lipinski definition) is 2. The van der Waals surface area contributed by atoms with Crippen LogP contribution in [0.4, 0.5) is 0 Å². The van der Waals surface area contributed by atoms with E-state index in [2.05, 4.69) is 6.92 Å². The van der Waals surface area contributed by atoms with Gasteiger partial charge in [-0.25, -0.2) is 0 Å². The maximum Gasteiger partial charge on any atom is 0.166 e. The molecule has 0 aliphatic carbocycles. The molecule has 0 radical (unpaired) electrons. The van der Waals surface area contributed by atoms with Crippen LogP contribution >= 0.6 is 0 Å². The van der Waals surface area contributed by atoms with Crippen molar-refractivity contribution in [2.75, 3.05) is 0 Å². The SMILES string of the molecule is CCCCCCC(=O)c1cc(CC)ccc1O. The van der Waals surface area contributed by atoms with Crippen LogP contribution in [0.5, 0.6) is 5.75 Å². The van der Waals surface area contributed by atoms with E-state index in [1.807, 2.05) is 19.1 Å². The van der Waals surface area contributed by atoms with Gasteiger partial charge in [-0.3, -0.25) is 4.79 Å². The molecular weight excluding hydrogens is 212 g/mol. The van der Waals surface area contributed by atoms with E-state index in [0.29, 0.717) is 12.0 Å². The number of phenols is 1. The van der Waals surface area contributed by atoms with Crippen molar-refractivity contribution in [2.45, 2.75) is 52.4 Å². The van der Waals surface area contributed by atoms with Gasteiger partial charge in [0.25, 0.3) is 0 Å². The predicted molar refractivity (Wildman–Crippen MR) is 70.6 cm³/mol. The van der Waals surface area contributed by atoms with Crippen molar-refractivity contribution in [3.8, 4) is 5.75 Å². The van der Waals surface area contributed by atoms with Gasteiger partial charge in [-0.1, -0.05) is 39.2 Å². The van der Waals surface area contributed by atoms with Crippen molar-refractivity contribution in [1.82, 2.24) is 0 Å². The predicted octanol–water partition coefficient (Wildman–Crippen LogP) is 4.11. The summed E-state index contributed by atoms with van der Waals surface area (Å²) in [6.45, 7) is 4.19. The number of rotatable bonds is 7. The van der Waals surface area contributed by atoms with E-state index in [1.54, 1.807) is 6.07 Å². The highest BCUT2D eigenvalue weighted by Crippen LogP contribution is 2.21. The van der Waals surface area contributed by atoms with E-state index >= 15 is 0 Å². The molecular formula is C15H22O2. The summed E-state index contributed by atoms with van der Waals surface area (Å²) in [6, 6.07) is 5.30. The fourth-order valence-corrected chi connectivity index (χ4v) is 1.87. The molecule has 1 rings (SSSR count). The Bertz CT molecular complexity index is 369. The number of carbonyl (C=O) groups is 1. The minimum Gasteiger partial charge on any atom is -0.507 e. The third-order valence-corrected chi connectivity index (χ3v) is 3.03. The zero-order chi connectivity index (χ0) is 12.7. The van der Waals surface area contributed by atoms with Crippen LogP contribution in [-0.2, 0) is 6.42 Å². The van der Waals surface area contributed by atoms with E-state index in [4.69, 9.17) is 0 Å². The van der Waals surface area contributed by atoms with E-state index in [1.165, 1.54) is 12.8 Å². The maximum absolute atomic E-state index is 11.9. The van der Waals surface area contributed by atoms with Crippen LogP contribution in [-0.4, -0.2) is 10.9 Å². The summed E-state index contributed by atoms with van der Waals surface area (Å²) >= 11 is 0. The third kappa shape index (κ3) is 4.22. The smallest absolute Gasteiger partial charge is 0.166 e. The molecule has 17 heavy (non-hydrogen) atoms. The first kappa shape index (κ1) is 13.8. The number of ketones is 1. The van der Waals surface area contributed by atoms with Gasteiger partial charge < -0.3 is 5.11 Å². The number of aromatic hydroxyl groups is 1. The summed E-state index contributed by atoms with van der Waals surface area (Å²) in [5.41, 5.74) is 1.58.